The van der Waals surface area contributed by atoms with Crippen molar-refractivity contribution < 1.29 is 22.7 Å². The first kappa shape index (κ1) is 31.3. The van der Waals surface area contributed by atoms with E-state index in [1.165, 1.54) is 30.2 Å². The van der Waals surface area contributed by atoms with Crippen LogP contribution in [0, 0.1) is 0 Å². The van der Waals surface area contributed by atoms with Crippen LogP contribution in [0.2, 0.25) is 10.0 Å². The van der Waals surface area contributed by atoms with E-state index in [0.29, 0.717) is 27.8 Å². The number of halogens is 2. The first-order valence-electron chi connectivity index (χ1n) is 12.7. The van der Waals surface area contributed by atoms with E-state index in [1.54, 1.807) is 61.5 Å². The smallest absolute Gasteiger partial charge is 0.264 e. The van der Waals surface area contributed by atoms with Gasteiger partial charge >= 0.3 is 0 Å². The number of anilines is 1. The van der Waals surface area contributed by atoms with Crippen molar-refractivity contribution in [2.45, 2.75) is 50.7 Å². The van der Waals surface area contributed by atoms with Crippen molar-refractivity contribution in [2.24, 2.45) is 0 Å². The fraction of sp³-hybridized carbons (Fsp3) is 0.310. The van der Waals surface area contributed by atoms with Crippen molar-refractivity contribution in [1.82, 2.24) is 10.2 Å². The molecule has 2 atom stereocenters. The monoisotopic (exact) mass is 605 g/mol. The first-order valence-corrected chi connectivity index (χ1v) is 14.9. The van der Waals surface area contributed by atoms with Gasteiger partial charge in [-0.25, -0.2) is 8.42 Å². The number of rotatable bonds is 12. The average Bonchev–Trinajstić information content (AvgIpc) is 2.96. The highest BCUT2D eigenvalue weighted by molar-refractivity contribution is 7.92. The summed E-state index contributed by atoms with van der Waals surface area (Å²) in [4.78, 5) is 28.4. The van der Waals surface area contributed by atoms with Gasteiger partial charge < -0.3 is 15.0 Å². The van der Waals surface area contributed by atoms with Crippen LogP contribution in [0.15, 0.2) is 77.7 Å². The van der Waals surface area contributed by atoms with E-state index in [4.69, 9.17) is 27.9 Å². The van der Waals surface area contributed by atoms with Crippen LogP contribution in [0.4, 0.5) is 5.69 Å². The summed E-state index contributed by atoms with van der Waals surface area (Å²) in [5, 5.41) is 3.55. The standard InChI is InChI=1S/C29H33Cl2N3O5S/c1-5-20(2)32-29(36)21(3)33(18-22-14-15-26(30)27(31)16-22)28(35)19-34(23-10-9-11-24(17-23)39-4)40(37,38)25-12-7-6-8-13-25/h6-17,20-21H,5,18-19H2,1-4H3,(H,32,36)/t20-,21-/m1/s1. The lowest BCUT2D eigenvalue weighted by atomic mass is 10.1. The summed E-state index contributed by atoms with van der Waals surface area (Å²) in [5.74, 6) is -0.519. The van der Waals surface area contributed by atoms with E-state index in [2.05, 4.69) is 5.32 Å². The molecule has 0 fully saturated rings. The fourth-order valence-corrected chi connectivity index (χ4v) is 5.64. The van der Waals surface area contributed by atoms with Gasteiger partial charge in [-0.3, -0.25) is 13.9 Å². The summed E-state index contributed by atoms with van der Waals surface area (Å²) in [6.45, 7) is 4.85. The second kappa shape index (κ2) is 13.9. The fourth-order valence-electron chi connectivity index (χ4n) is 3.90. The van der Waals surface area contributed by atoms with Crippen molar-refractivity contribution in [1.29, 1.82) is 0 Å². The maximum atomic E-state index is 14.0. The van der Waals surface area contributed by atoms with Gasteiger partial charge in [-0.15, -0.1) is 0 Å². The minimum absolute atomic E-state index is 0.00213. The number of amides is 2. The Bertz CT molecular complexity index is 1440. The number of hydrogen-bond acceptors (Lipinski definition) is 5. The van der Waals surface area contributed by atoms with Gasteiger partial charge in [0.2, 0.25) is 11.8 Å². The number of carbonyl (C=O) groups excluding carboxylic acids is 2. The molecule has 8 nitrogen and oxygen atoms in total. The van der Waals surface area contributed by atoms with Crippen molar-refractivity contribution >= 4 is 50.7 Å². The van der Waals surface area contributed by atoms with Crippen LogP contribution in [-0.4, -0.2) is 50.9 Å². The molecule has 3 rings (SSSR count). The van der Waals surface area contributed by atoms with Crippen LogP contribution in [0.5, 0.6) is 5.75 Å². The van der Waals surface area contributed by atoms with Crippen LogP contribution < -0.4 is 14.4 Å². The van der Waals surface area contributed by atoms with Gasteiger partial charge in [0.05, 0.1) is 27.7 Å². The molecule has 0 heterocycles. The quantitative estimate of drug-likeness (QED) is 0.293. The maximum absolute atomic E-state index is 14.0. The Hall–Kier alpha value is -3.27. The van der Waals surface area contributed by atoms with Crippen LogP contribution >= 0.6 is 23.2 Å². The second-order valence-corrected chi connectivity index (χ2v) is 12.0. The van der Waals surface area contributed by atoms with Crippen molar-refractivity contribution in [3.05, 3.63) is 88.4 Å². The Labute approximate surface area is 245 Å². The van der Waals surface area contributed by atoms with Gasteiger partial charge in [-0.2, -0.15) is 0 Å². The van der Waals surface area contributed by atoms with E-state index >= 15 is 0 Å². The molecule has 40 heavy (non-hydrogen) atoms. The van der Waals surface area contributed by atoms with E-state index in [-0.39, 0.29) is 29.1 Å². The van der Waals surface area contributed by atoms with E-state index in [9.17, 15) is 18.0 Å². The van der Waals surface area contributed by atoms with Crippen LogP contribution in [0.1, 0.15) is 32.8 Å². The predicted octanol–water partition coefficient (Wildman–Crippen LogP) is 5.53. The molecule has 1 N–H and O–H groups in total. The van der Waals surface area contributed by atoms with Gasteiger partial charge in [-0.1, -0.05) is 60.5 Å². The minimum Gasteiger partial charge on any atom is -0.497 e. The summed E-state index contributed by atoms with van der Waals surface area (Å²) in [6.07, 6.45) is 0.706. The molecule has 11 heteroatoms. The topological polar surface area (TPSA) is 96.0 Å². The zero-order chi connectivity index (χ0) is 29.4. The SMILES string of the molecule is CC[C@@H](C)NC(=O)[C@@H](C)N(Cc1ccc(Cl)c(Cl)c1)C(=O)CN(c1cccc(OC)c1)S(=O)(=O)c1ccccc1. The zero-order valence-electron chi connectivity index (χ0n) is 22.8. The first-order chi connectivity index (χ1) is 19.0. The average molecular weight is 607 g/mol. The number of nitrogens with zero attached hydrogens (tertiary/aromatic N) is 2. The molecule has 0 aliphatic rings. The number of benzene rings is 3. The van der Waals surface area contributed by atoms with Crippen molar-refractivity contribution in [2.75, 3.05) is 18.0 Å². The molecule has 0 saturated carbocycles. The Kier molecular flexibility index (Phi) is 10.8. The molecular weight excluding hydrogens is 573 g/mol. The van der Waals surface area contributed by atoms with Gasteiger partial charge in [0, 0.05) is 18.7 Å². The van der Waals surface area contributed by atoms with Crippen LogP contribution in [0.25, 0.3) is 0 Å². The molecule has 0 spiro atoms. The Morgan fingerprint density at radius 2 is 1.65 bits per heavy atom. The maximum Gasteiger partial charge on any atom is 0.264 e. The number of sulfonamides is 1. The Morgan fingerprint density at radius 1 is 0.950 bits per heavy atom. The van der Waals surface area contributed by atoms with Gasteiger partial charge in [0.15, 0.2) is 0 Å². The van der Waals surface area contributed by atoms with E-state index in [1.807, 2.05) is 13.8 Å². The zero-order valence-corrected chi connectivity index (χ0v) is 25.1. The number of nitrogens with one attached hydrogen (secondary N) is 1. The summed E-state index contributed by atoms with van der Waals surface area (Å²) in [5.41, 5.74) is 0.868. The number of carbonyl (C=O) groups is 2. The summed E-state index contributed by atoms with van der Waals surface area (Å²) in [7, 11) is -2.70. The van der Waals surface area contributed by atoms with Gasteiger partial charge in [0.25, 0.3) is 10.0 Å². The molecule has 0 aromatic heterocycles. The van der Waals surface area contributed by atoms with Crippen LogP contribution in [0.3, 0.4) is 0 Å². The van der Waals surface area contributed by atoms with E-state index < -0.39 is 28.5 Å². The molecule has 0 radical (unpaired) electrons. The highest BCUT2D eigenvalue weighted by atomic mass is 35.5. The lowest BCUT2D eigenvalue weighted by Gasteiger charge is -2.32. The largest absolute Gasteiger partial charge is 0.497 e. The molecule has 3 aromatic rings. The molecule has 0 unspecified atom stereocenters. The molecule has 214 valence electrons. The molecule has 0 aliphatic heterocycles. The van der Waals surface area contributed by atoms with Crippen molar-refractivity contribution in [3.8, 4) is 5.75 Å². The molecule has 0 aliphatic carbocycles. The summed E-state index contributed by atoms with van der Waals surface area (Å²) in [6, 6.07) is 18.2. The molecule has 0 bridgehead atoms. The van der Waals surface area contributed by atoms with Gasteiger partial charge in [0.1, 0.15) is 18.3 Å². The Morgan fingerprint density at radius 3 is 2.27 bits per heavy atom. The van der Waals surface area contributed by atoms with Gasteiger partial charge in [-0.05, 0) is 62.2 Å². The highest BCUT2D eigenvalue weighted by Crippen LogP contribution is 2.28. The highest BCUT2D eigenvalue weighted by Gasteiger charge is 2.33. The third kappa shape index (κ3) is 7.68. The molecular formula is C29H33Cl2N3O5S. The number of hydrogen-bond donors (Lipinski definition) is 1. The molecule has 0 saturated heterocycles. The third-order valence-electron chi connectivity index (χ3n) is 6.46. The van der Waals surface area contributed by atoms with Crippen molar-refractivity contribution in [3.63, 3.8) is 0 Å². The second-order valence-electron chi connectivity index (χ2n) is 9.29. The number of methoxy groups -OCH3 is 1. The molecule has 3 aromatic carbocycles. The lowest BCUT2D eigenvalue weighted by molar-refractivity contribution is -0.139. The Balaban J connectivity index is 2.04. The lowest BCUT2D eigenvalue weighted by Crippen LogP contribution is -2.52. The summed E-state index contributed by atoms with van der Waals surface area (Å²) < 4.78 is 34.0. The third-order valence-corrected chi connectivity index (χ3v) is 8.98. The van der Waals surface area contributed by atoms with Crippen LogP contribution in [-0.2, 0) is 26.2 Å². The normalized spacial score (nSPS) is 12.8. The van der Waals surface area contributed by atoms with E-state index in [0.717, 1.165) is 4.31 Å². The molecule has 2 amide bonds. The minimum atomic E-state index is -4.17. The number of ether oxygens (including phenoxy) is 1. The summed E-state index contributed by atoms with van der Waals surface area (Å²) >= 11 is 12.3. The predicted molar refractivity (Wildman–Crippen MR) is 158 cm³/mol.